The number of hydrogen-bond donors (Lipinski definition) is 3. The molecular formula is C13H13NO5. The number of aliphatic hydroxyl groups is 1. The number of aliphatic hydroxyl groups excluding tert-OH is 1. The molecule has 1 aromatic carbocycles. The minimum Gasteiger partial charge on any atom is -0.507 e. The Morgan fingerprint density at radius 1 is 1.37 bits per heavy atom. The van der Waals surface area contributed by atoms with Gasteiger partial charge in [0, 0.05) is 6.42 Å². The Labute approximate surface area is 109 Å². The topological polar surface area (TPSA) is 99.2 Å². The van der Waals surface area contributed by atoms with Crippen LogP contribution in [-0.2, 0) is 9.53 Å². The Morgan fingerprint density at radius 3 is 2.84 bits per heavy atom. The molecule has 2 fully saturated rings. The molecule has 1 aliphatic heterocycles. The van der Waals surface area contributed by atoms with Gasteiger partial charge in [-0.2, -0.15) is 0 Å². The highest BCUT2D eigenvalue weighted by Gasteiger charge is 2.56. The highest BCUT2D eigenvalue weighted by molar-refractivity contribution is 5.97. The Bertz CT molecular complexity index is 544. The number of fused-ring (bicyclic) bond motifs is 1. The molecule has 4 atom stereocenters. The van der Waals surface area contributed by atoms with E-state index < -0.39 is 30.3 Å². The first kappa shape index (κ1) is 12.1. The number of rotatable bonds is 2. The number of phenols is 1. The number of nitrogens with one attached hydrogen (secondary N) is 1. The largest absolute Gasteiger partial charge is 0.507 e. The maximum atomic E-state index is 12.0. The molecule has 1 saturated carbocycles. The van der Waals surface area contributed by atoms with Crippen molar-refractivity contribution in [1.82, 2.24) is 5.32 Å². The third-order valence-electron chi connectivity index (χ3n) is 3.48. The summed E-state index contributed by atoms with van der Waals surface area (Å²) < 4.78 is 5.04. The minimum atomic E-state index is -0.891. The van der Waals surface area contributed by atoms with Gasteiger partial charge in [0.25, 0.3) is 5.91 Å². The van der Waals surface area contributed by atoms with E-state index in [4.69, 9.17) is 4.74 Å². The number of carbonyl (C=O) groups excluding carboxylic acids is 2. The van der Waals surface area contributed by atoms with Crippen molar-refractivity contribution in [3.05, 3.63) is 29.8 Å². The Hall–Kier alpha value is -1.92. The van der Waals surface area contributed by atoms with E-state index >= 15 is 0 Å². The first-order chi connectivity index (χ1) is 9.08. The lowest BCUT2D eigenvalue weighted by atomic mass is 9.91. The molecule has 100 valence electrons. The number of epoxide rings is 1. The van der Waals surface area contributed by atoms with Crippen molar-refractivity contribution < 1.29 is 24.5 Å². The Balaban J connectivity index is 1.73. The van der Waals surface area contributed by atoms with Crippen molar-refractivity contribution in [2.45, 2.75) is 30.8 Å². The average molecular weight is 263 g/mol. The highest BCUT2D eigenvalue weighted by Crippen LogP contribution is 2.34. The first-order valence-electron chi connectivity index (χ1n) is 6.03. The van der Waals surface area contributed by atoms with Crippen LogP contribution < -0.4 is 5.32 Å². The maximum absolute atomic E-state index is 12.0. The fraction of sp³-hybridized carbons (Fsp3) is 0.385. The molecule has 1 amide bonds. The van der Waals surface area contributed by atoms with Crippen molar-refractivity contribution in [2.24, 2.45) is 0 Å². The van der Waals surface area contributed by atoms with Crippen LogP contribution in [0.4, 0.5) is 0 Å². The quantitative estimate of drug-likeness (QED) is 0.630. The van der Waals surface area contributed by atoms with Crippen LogP contribution in [0.2, 0.25) is 0 Å². The number of amides is 1. The summed E-state index contributed by atoms with van der Waals surface area (Å²) >= 11 is 0. The number of Topliss-reactive ketones (excluding diaryl/α,β-unsaturated/α-hetero) is 1. The van der Waals surface area contributed by atoms with Gasteiger partial charge in [-0.05, 0) is 12.1 Å². The molecule has 0 spiro atoms. The standard InChI is InChI=1S/C13H13NO5/c15-8-4-2-1-3-6(8)13(18)14-7-5-9(16)11-12(19-11)10(7)17/h1-4,7,10-12,15,17H,5H2,(H,14,18). The molecule has 1 aliphatic carbocycles. The molecule has 4 unspecified atom stereocenters. The number of carbonyl (C=O) groups is 2. The summed E-state index contributed by atoms with van der Waals surface area (Å²) in [5, 5.41) is 22.0. The lowest BCUT2D eigenvalue weighted by Gasteiger charge is -2.25. The van der Waals surface area contributed by atoms with Gasteiger partial charge in [-0.3, -0.25) is 9.59 Å². The molecular weight excluding hydrogens is 250 g/mol. The smallest absolute Gasteiger partial charge is 0.255 e. The van der Waals surface area contributed by atoms with Crippen LogP contribution in [0.5, 0.6) is 5.75 Å². The van der Waals surface area contributed by atoms with E-state index in [1.165, 1.54) is 12.1 Å². The number of para-hydroxylation sites is 1. The van der Waals surface area contributed by atoms with Gasteiger partial charge in [-0.15, -0.1) is 0 Å². The van der Waals surface area contributed by atoms with Gasteiger partial charge in [0.05, 0.1) is 11.6 Å². The number of phenolic OH excluding ortho intramolecular Hbond substituents is 1. The average Bonchev–Trinajstić information content (AvgIpc) is 3.17. The summed E-state index contributed by atoms with van der Waals surface area (Å²) in [7, 11) is 0. The molecule has 19 heavy (non-hydrogen) atoms. The zero-order valence-electron chi connectivity index (χ0n) is 9.95. The second kappa shape index (κ2) is 4.32. The molecule has 6 heteroatoms. The van der Waals surface area contributed by atoms with E-state index in [0.717, 1.165) is 0 Å². The summed E-state index contributed by atoms with van der Waals surface area (Å²) in [6.07, 6.45) is -1.86. The number of ketones is 1. The minimum absolute atomic E-state index is 0.0433. The van der Waals surface area contributed by atoms with Gasteiger partial charge in [-0.25, -0.2) is 0 Å². The van der Waals surface area contributed by atoms with Crippen molar-refractivity contribution in [3.8, 4) is 5.75 Å². The van der Waals surface area contributed by atoms with Crippen LogP contribution in [0.1, 0.15) is 16.8 Å². The predicted molar refractivity (Wildman–Crippen MR) is 63.7 cm³/mol. The number of hydrogen-bond acceptors (Lipinski definition) is 5. The Morgan fingerprint density at radius 2 is 2.11 bits per heavy atom. The number of ether oxygens (including phenoxy) is 1. The number of aromatic hydroxyl groups is 1. The van der Waals surface area contributed by atoms with E-state index in [2.05, 4.69) is 5.32 Å². The predicted octanol–water partition coefficient (Wildman–Crippen LogP) is -0.408. The van der Waals surface area contributed by atoms with Crippen LogP contribution in [0, 0.1) is 0 Å². The van der Waals surface area contributed by atoms with Gasteiger partial charge in [0.2, 0.25) is 0 Å². The fourth-order valence-corrected chi connectivity index (χ4v) is 2.37. The summed E-state index contributed by atoms with van der Waals surface area (Å²) in [5.74, 6) is -0.774. The van der Waals surface area contributed by atoms with Gasteiger partial charge in [0.15, 0.2) is 5.78 Å². The highest BCUT2D eigenvalue weighted by atomic mass is 16.6. The van der Waals surface area contributed by atoms with Crippen LogP contribution in [0.25, 0.3) is 0 Å². The van der Waals surface area contributed by atoms with E-state index in [-0.39, 0.29) is 23.5 Å². The lowest BCUT2D eigenvalue weighted by molar-refractivity contribution is -0.122. The van der Waals surface area contributed by atoms with Gasteiger partial charge in [-0.1, -0.05) is 12.1 Å². The van der Waals surface area contributed by atoms with Gasteiger partial charge >= 0.3 is 0 Å². The van der Waals surface area contributed by atoms with Crippen molar-refractivity contribution in [3.63, 3.8) is 0 Å². The monoisotopic (exact) mass is 263 g/mol. The molecule has 3 rings (SSSR count). The van der Waals surface area contributed by atoms with Crippen molar-refractivity contribution in [2.75, 3.05) is 0 Å². The first-order valence-corrected chi connectivity index (χ1v) is 6.03. The van der Waals surface area contributed by atoms with E-state index in [0.29, 0.717) is 0 Å². The van der Waals surface area contributed by atoms with Crippen LogP contribution in [-0.4, -0.2) is 46.3 Å². The molecule has 1 saturated heterocycles. The molecule has 6 nitrogen and oxygen atoms in total. The second-order valence-corrected chi connectivity index (χ2v) is 4.78. The molecule has 0 bridgehead atoms. The molecule has 0 radical (unpaired) electrons. The maximum Gasteiger partial charge on any atom is 0.255 e. The zero-order valence-corrected chi connectivity index (χ0v) is 9.95. The molecule has 0 aromatic heterocycles. The van der Waals surface area contributed by atoms with Crippen molar-refractivity contribution >= 4 is 11.7 Å². The third-order valence-corrected chi connectivity index (χ3v) is 3.48. The summed E-state index contributed by atoms with van der Waals surface area (Å²) in [6, 6.07) is 5.42. The lowest BCUT2D eigenvalue weighted by Crippen LogP contribution is -2.50. The molecule has 1 heterocycles. The van der Waals surface area contributed by atoms with Crippen LogP contribution >= 0.6 is 0 Å². The molecule has 3 N–H and O–H groups in total. The number of benzene rings is 1. The zero-order chi connectivity index (χ0) is 13.6. The van der Waals surface area contributed by atoms with Crippen LogP contribution in [0.3, 0.4) is 0 Å². The van der Waals surface area contributed by atoms with Crippen molar-refractivity contribution in [1.29, 1.82) is 0 Å². The fourth-order valence-electron chi connectivity index (χ4n) is 2.37. The van der Waals surface area contributed by atoms with Gasteiger partial charge in [0.1, 0.15) is 24.1 Å². The summed E-state index contributed by atoms with van der Waals surface area (Å²) in [4.78, 5) is 23.5. The van der Waals surface area contributed by atoms with Crippen LogP contribution in [0.15, 0.2) is 24.3 Å². The SMILES string of the molecule is O=C(NC1CC(=O)C2OC2C1O)c1ccccc1O. The summed E-state index contributed by atoms with van der Waals surface area (Å²) in [5.41, 5.74) is 0.112. The third kappa shape index (κ3) is 2.09. The molecule has 2 aliphatic rings. The van der Waals surface area contributed by atoms with E-state index in [9.17, 15) is 19.8 Å². The molecule has 1 aromatic rings. The van der Waals surface area contributed by atoms with E-state index in [1.54, 1.807) is 12.1 Å². The normalized spacial score (nSPS) is 32.6. The van der Waals surface area contributed by atoms with E-state index in [1.807, 2.05) is 0 Å². The Kier molecular flexibility index (Phi) is 2.76. The van der Waals surface area contributed by atoms with Gasteiger partial charge < -0.3 is 20.3 Å². The summed E-state index contributed by atoms with van der Waals surface area (Å²) in [6.45, 7) is 0. The second-order valence-electron chi connectivity index (χ2n) is 4.78.